The summed E-state index contributed by atoms with van der Waals surface area (Å²) in [6, 6.07) is 5.35. The molecule has 1 aromatic carbocycles. The van der Waals surface area contributed by atoms with Crippen molar-refractivity contribution in [3.05, 3.63) is 29.6 Å². The third-order valence-electron chi connectivity index (χ3n) is 4.25. The Bertz CT molecular complexity index is 557. The van der Waals surface area contributed by atoms with Crippen molar-refractivity contribution in [2.24, 2.45) is 0 Å². The molecule has 0 aliphatic carbocycles. The molecule has 0 aromatic heterocycles. The number of amides is 1. The highest BCUT2D eigenvalue weighted by Gasteiger charge is 2.25. The van der Waals surface area contributed by atoms with Gasteiger partial charge < -0.3 is 19.7 Å². The van der Waals surface area contributed by atoms with Crippen LogP contribution in [0, 0.1) is 5.82 Å². The first-order valence-electron chi connectivity index (χ1n) is 8.45. The van der Waals surface area contributed by atoms with Crippen molar-refractivity contribution in [1.82, 2.24) is 10.2 Å². The molecule has 1 amide bonds. The van der Waals surface area contributed by atoms with E-state index in [-0.39, 0.29) is 29.8 Å². The first kappa shape index (κ1) is 18.5. The first-order chi connectivity index (χ1) is 11.4. The summed E-state index contributed by atoms with van der Waals surface area (Å²) >= 11 is 0. The summed E-state index contributed by atoms with van der Waals surface area (Å²) in [5.74, 6) is -0.0992. The van der Waals surface area contributed by atoms with Crippen LogP contribution in [-0.2, 0) is 4.74 Å². The predicted octanol–water partition coefficient (Wildman–Crippen LogP) is 3.49. The molecule has 1 aliphatic heterocycles. The Balaban J connectivity index is 1.85. The van der Waals surface area contributed by atoms with Gasteiger partial charge in [0.2, 0.25) is 0 Å². The molecule has 1 N–H and O–H groups in total. The molecule has 2 rings (SSSR count). The van der Waals surface area contributed by atoms with Crippen LogP contribution in [-0.4, -0.2) is 43.3 Å². The predicted molar refractivity (Wildman–Crippen MR) is 90.7 cm³/mol. The van der Waals surface area contributed by atoms with Gasteiger partial charge in [0, 0.05) is 25.2 Å². The second-order valence-electron chi connectivity index (χ2n) is 6.48. The molecule has 0 radical (unpaired) electrons. The van der Waals surface area contributed by atoms with Gasteiger partial charge in [0.05, 0.1) is 13.2 Å². The molecule has 1 heterocycles. The van der Waals surface area contributed by atoms with Gasteiger partial charge in [0.25, 0.3) is 0 Å². The number of nitrogens with zero attached hydrogens (tertiary/aromatic N) is 1. The fraction of sp³-hybridized carbons (Fsp3) is 0.611. The van der Waals surface area contributed by atoms with Crippen LogP contribution >= 0.6 is 0 Å². The highest BCUT2D eigenvalue weighted by atomic mass is 19.1. The van der Waals surface area contributed by atoms with Crippen LogP contribution in [0.15, 0.2) is 18.2 Å². The van der Waals surface area contributed by atoms with Crippen molar-refractivity contribution in [2.75, 3.05) is 20.2 Å². The lowest BCUT2D eigenvalue weighted by molar-refractivity contribution is 0.0674. The average molecular weight is 338 g/mol. The van der Waals surface area contributed by atoms with Crippen molar-refractivity contribution in [2.45, 2.75) is 51.8 Å². The maximum atomic E-state index is 13.8. The Labute approximate surface area is 143 Å². The molecule has 1 aromatic rings. The van der Waals surface area contributed by atoms with E-state index in [0.29, 0.717) is 19.1 Å². The number of hydrogen-bond donors (Lipinski definition) is 1. The van der Waals surface area contributed by atoms with Crippen molar-refractivity contribution in [3.8, 4) is 5.75 Å². The summed E-state index contributed by atoms with van der Waals surface area (Å²) < 4.78 is 24.0. The number of rotatable bonds is 5. The average Bonchev–Trinajstić information content (AvgIpc) is 2.54. The van der Waals surface area contributed by atoms with Crippen LogP contribution in [0.1, 0.15) is 45.2 Å². The third-order valence-corrected chi connectivity index (χ3v) is 4.25. The standard InChI is InChI=1S/C18H27FN2O3/c1-12(2)24-18(22)21-9-7-15(8-10-21)20-13(3)14-5-6-17(23-4)16(19)11-14/h5-6,11-13,15,20H,7-10H2,1-4H3/t13-/m1/s1. The second-order valence-corrected chi connectivity index (χ2v) is 6.48. The molecule has 6 heteroatoms. The first-order valence-corrected chi connectivity index (χ1v) is 8.45. The quantitative estimate of drug-likeness (QED) is 0.893. The highest BCUT2D eigenvalue weighted by molar-refractivity contribution is 5.67. The van der Waals surface area contributed by atoms with E-state index < -0.39 is 0 Å². The van der Waals surface area contributed by atoms with Gasteiger partial charge in [-0.05, 0) is 51.3 Å². The fourth-order valence-electron chi connectivity index (χ4n) is 2.91. The molecule has 5 nitrogen and oxygen atoms in total. The summed E-state index contributed by atoms with van der Waals surface area (Å²) in [6.45, 7) is 7.06. The zero-order chi connectivity index (χ0) is 17.7. The molecule has 0 unspecified atom stereocenters. The molecular weight excluding hydrogens is 311 g/mol. The van der Waals surface area contributed by atoms with E-state index >= 15 is 0 Å². The van der Waals surface area contributed by atoms with Gasteiger partial charge in [0.15, 0.2) is 11.6 Å². The Kier molecular flexibility index (Phi) is 6.43. The van der Waals surface area contributed by atoms with Crippen molar-refractivity contribution < 1.29 is 18.7 Å². The lowest BCUT2D eigenvalue weighted by atomic mass is 10.0. The van der Waals surface area contributed by atoms with E-state index in [0.717, 1.165) is 18.4 Å². The SMILES string of the molecule is COc1ccc([C@@H](C)NC2CCN(C(=O)OC(C)C)CC2)cc1F. The van der Waals surface area contributed by atoms with Crippen LogP contribution in [0.25, 0.3) is 0 Å². The summed E-state index contributed by atoms with van der Waals surface area (Å²) in [5.41, 5.74) is 0.884. The molecule has 1 saturated heterocycles. The maximum Gasteiger partial charge on any atom is 0.410 e. The topological polar surface area (TPSA) is 50.8 Å². The second kappa shape index (κ2) is 8.33. The minimum absolute atomic E-state index is 0.0320. The zero-order valence-electron chi connectivity index (χ0n) is 14.8. The molecular formula is C18H27FN2O3. The largest absolute Gasteiger partial charge is 0.494 e. The Morgan fingerprint density at radius 1 is 1.29 bits per heavy atom. The van der Waals surface area contributed by atoms with Gasteiger partial charge in [-0.15, -0.1) is 0 Å². The van der Waals surface area contributed by atoms with Crippen LogP contribution in [0.2, 0.25) is 0 Å². The molecule has 0 bridgehead atoms. The molecule has 0 spiro atoms. The lowest BCUT2D eigenvalue weighted by Gasteiger charge is -2.33. The number of halogens is 1. The number of nitrogens with one attached hydrogen (secondary N) is 1. The van der Waals surface area contributed by atoms with E-state index in [4.69, 9.17) is 9.47 Å². The number of carbonyl (C=O) groups is 1. The molecule has 24 heavy (non-hydrogen) atoms. The summed E-state index contributed by atoms with van der Waals surface area (Å²) in [7, 11) is 1.46. The Hall–Kier alpha value is -1.82. The molecule has 1 atom stereocenters. The van der Waals surface area contributed by atoms with E-state index in [1.54, 1.807) is 11.0 Å². The van der Waals surface area contributed by atoms with Gasteiger partial charge in [-0.2, -0.15) is 0 Å². The number of hydrogen-bond acceptors (Lipinski definition) is 4. The van der Waals surface area contributed by atoms with Gasteiger partial charge in [-0.3, -0.25) is 0 Å². The zero-order valence-corrected chi connectivity index (χ0v) is 14.8. The number of methoxy groups -OCH3 is 1. The van der Waals surface area contributed by atoms with Gasteiger partial charge in [-0.1, -0.05) is 6.07 Å². The van der Waals surface area contributed by atoms with E-state index in [2.05, 4.69) is 5.32 Å². The number of benzene rings is 1. The van der Waals surface area contributed by atoms with Gasteiger partial charge in [0.1, 0.15) is 0 Å². The van der Waals surface area contributed by atoms with Gasteiger partial charge in [-0.25, -0.2) is 9.18 Å². The molecule has 0 saturated carbocycles. The van der Waals surface area contributed by atoms with Crippen LogP contribution in [0.3, 0.4) is 0 Å². The van der Waals surface area contributed by atoms with Crippen molar-refractivity contribution in [1.29, 1.82) is 0 Å². The molecule has 134 valence electrons. The lowest BCUT2D eigenvalue weighted by Crippen LogP contribution is -2.46. The third kappa shape index (κ3) is 4.84. The number of piperidine rings is 1. The summed E-state index contributed by atoms with van der Waals surface area (Å²) in [6.07, 6.45) is 1.37. The van der Waals surface area contributed by atoms with E-state index in [1.165, 1.54) is 13.2 Å². The van der Waals surface area contributed by atoms with Crippen molar-refractivity contribution >= 4 is 6.09 Å². The van der Waals surface area contributed by atoms with Crippen LogP contribution in [0.4, 0.5) is 9.18 Å². The normalized spacial score (nSPS) is 17.0. The molecule has 1 aliphatic rings. The summed E-state index contributed by atoms with van der Waals surface area (Å²) in [4.78, 5) is 13.6. The van der Waals surface area contributed by atoms with E-state index in [1.807, 2.05) is 26.8 Å². The van der Waals surface area contributed by atoms with E-state index in [9.17, 15) is 9.18 Å². The Morgan fingerprint density at radius 3 is 2.50 bits per heavy atom. The monoisotopic (exact) mass is 338 g/mol. The maximum absolute atomic E-state index is 13.8. The van der Waals surface area contributed by atoms with Crippen LogP contribution < -0.4 is 10.1 Å². The fourth-order valence-corrected chi connectivity index (χ4v) is 2.91. The van der Waals surface area contributed by atoms with Crippen LogP contribution in [0.5, 0.6) is 5.75 Å². The number of carbonyl (C=O) groups excluding carboxylic acids is 1. The smallest absolute Gasteiger partial charge is 0.410 e. The highest BCUT2D eigenvalue weighted by Crippen LogP contribution is 2.23. The minimum atomic E-state index is -0.352. The summed E-state index contributed by atoms with van der Waals surface area (Å²) in [5, 5.41) is 3.51. The molecule has 1 fully saturated rings. The number of ether oxygens (including phenoxy) is 2. The minimum Gasteiger partial charge on any atom is -0.494 e. The van der Waals surface area contributed by atoms with Crippen molar-refractivity contribution in [3.63, 3.8) is 0 Å². The van der Waals surface area contributed by atoms with Gasteiger partial charge >= 0.3 is 6.09 Å². The number of likely N-dealkylation sites (tertiary alicyclic amines) is 1. The Morgan fingerprint density at radius 2 is 1.96 bits per heavy atom.